The van der Waals surface area contributed by atoms with Crippen LogP contribution in [-0.4, -0.2) is 24.7 Å². The standard InChI is InChI=1S/C21H14ClN5OS/c22-14-9-10-18-16(19(25-27(18)12-14)13-5-2-1-3-6-13)11-15-7-4-8-17(23-15)20-24-21(29)28-26-20/h1-10,12H,11H2,(H,24,26,29). The van der Waals surface area contributed by atoms with Crippen molar-refractivity contribution in [1.29, 1.82) is 0 Å². The number of hydrogen-bond acceptors (Lipinski definition) is 5. The van der Waals surface area contributed by atoms with Gasteiger partial charge in [0.15, 0.2) is 5.82 Å². The van der Waals surface area contributed by atoms with E-state index in [-0.39, 0.29) is 4.84 Å². The Morgan fingerprint density at radius 3 is 2.66 bits per heavy atom. The number of rotatable bonds is 4. The van der Waals surface area contributed by atoms with Gasteiger partial charge in [0.2, 0.25) is 0 Å². The van der Waals surface area contributed by atoms with E-state index in [0.29, 0.717) is 23.0 Å². The number of nitrogens with one attached hydrogen (secondary N) is 1. The van der Waals surface area contributed by atoms with Gasteiger partial charge in [-0.3, -0.25) is 0 Å². The predicted molar refractivity (Wildman–Crippen MR) is 113 cm³/mol. The Kier molecular flexibility index (Phi) is 4.46. The van der Waals surface area contributed by atoms with Crippen LogP contribution in [0.5, 0.6) is 0 Å². The van der Waals surface area contributed by atoms with Gasteiger partial charge in [0.05, 0.1) is 16.2 Å². The largest absolute Gasteiger partial charge is 0.348 e. The van der Waals surface area contributed by atoms with E-state index in [9.17, 15) is 0 Å². The molecule has 5 aromatic rings. The van der Waals surface area contributed by atoms with E-state index in [0.717, 1.165) is 28.0 Å². The molecule has 0 aliphatic carbocycles. The minimum absolute atomic E-state index is 0.151. The fourth-order valence-corrected chi connectivity index (χ4v) is 3.60. The molecular formula is C21H14ClN5OS. The number of aromatic amines is 1. The molecule has 4 aromatic heterocycles. The first kappa shape index (κ1) is 17.8. The molecule has 1 aromatic carbocycles. The van der Waals surface area contributed by atoms with E-state index in [1.165, 1.54) is 0 Å². The number of H-pyrrole nitrogens is 1. The van der Waals surface area contributed by atoms with Crippen molar-refractivity contribution in [2.45, 2.75) is 6.42 Å². The molecule has 0 aliphatic rings. The Morgan fingerprint density at radius 1 is 1.00 bits per heavy atom. The van der Waals surface area contributed by atoms with Crippen molar-refractivity contribution >= 4 is 29.3 Å². The lowest BCUT2D eigenvalue weighted by Crippen LogP contribution is -1.96. The maximum Gasteiger partial charge on any atom is 0.314 e. The second kappa shape index (κ2) is 7.27. The number of nitrogens with zero attached hydrogens (tertiary/aromatic N) is 4. The summed E-state index contributed by atoms with van der Waals surface area (Å²) in [5, 5.41) is 8.11. The monoisotopic (exact) mass is 419 g/mol. The molecule has 5 rings (SSSR count). The molecule has 4 heterocycles. The Labute approximate surface area is 175 Å². The number of benzene rings is 1. The van der Waals surface area contributed by atoms with Gasteiger partial charge in [-0.25, -0.2) is 9.50 Å². The van der Waals surface area contributed by atoms with Gasteiger partial charge < -0.3 is 4.52 Å². The van der Waals surface area contributed by atoms with E-state index in [1.54, 1.807) is 0 Å². The van der Waals surface area contributed by atoms with Crippen molar-refractivity contribution in [3.8, 4) is 22.8 Å². The molecule has 0 fully saturated rings. The SMILES string of the molecule is S=c1nc(-c2cccc(Cc3c(-c4ccccc4)nn4cc(Cl)ccc34)n2)[nH]o1. The van der Waals surface area contributed by atoms with Crippen LogP contribution < -0.4 is 0 Å². The maximum absolute atomic E-state index is 6.18. The summed E-state index contributed by atoms with van der Waals surface area (Å²) >= 11 is 11.1. The van der Waals surface area contributed by atoms with Gasteiger partial charge in [0.25, 0.3) is 0 Å². The van der Waals surface area contributed by atoms with Crippen LogP contribution in [0, 0.1) is 4.84 Å². The third kappa shape index (κ3) is 3.46. The fourth-order valence-electron chi connectivity index (χ4n) is 3.31. The molecule has 0 saturated heterocycles. The van der Waals surface area contributed by atoms with Crippen LogP contribution in [0.15, 0.2) is 71.4 Å². The first-order valence-electron chi connectivity index (χ1n) is 8.91. The molecule has 8 heteroatoms. The predicted octanol–water partition coefficient (Wildman–Crippen LogP) is 5.35. The minimum atomic E-state index is 0.151. The lowest BCUT2D eigenvalue weighted by atomic mass is 10.0. The molecule has 29 heavy (non-hydrogen) atoms. The zero-order chi connectivity index (χ0) is 19.8. The van der Waals surface area contributed by atoms with Crippen molar-refractivity contribution < 1.29 is 4.52 Å². The van der Waals surface area contributed by atoms with Crippen LogP contribution >= 0.6 is 23.8 Å². The van der Waals surface area contributed by atoms with E-state index in [2.05, 4.69) is 10.1 Å². The highest BCUT2D eigenvalue weighted by Crippen LogP contribution is 2.29. The van der Waals surface area contributed by atoms with Crippen LogP contribution in [0.25, 0.3) is 28.3 Å². The molecule has 142 valence electrons. The van der Waals surface area contributed by atoms with Crippen LogP contribution in [0.4, 0.5) is 0 Å². The van der Waals surface area contributed by atoms with Crippen molar-refractivity contribution in [2.24, 2.45) is 0 Å². The molecule has 0 aliphatic heterocycles. The Bertz CT molecular complexity index is 1370. The third-order valence-electron chi connectivity index (χ3n) is 4.59. The normalized spacial score (nSPS) is 11.2. The molecule has 0 spiro atoms. The van der Waals surface area contributed by atoms with Crippen molar-refractivity contribution in [3.63, 3.8) is 0 Å². The van der Waals surface area contributed by atoms with Crippen molar-refractivity contribution in [1.82, 2.24) is 24.7 Å². The summed E-state index contributed by atoms with van der Waals surface area (Å²) in [4.78, 5) is 9.02. The number of pyridine rings is 2. The molecule has 6 nitrogen and oxygen atoms in total. The zero-order valence-corrected chi connectivity index (χ0v) is 16.6. The summed E-state index contributed by atoms with van der Waals surface area (Å²) in [6, 6.07) is 19.7. The summed E-state index contributed by atoms with van der Waals surface area (Å²) < 4.78 is 6.84. The Hall–Kier alpha value is -3.29. The first-order valence-corrected chi connectivity index (χ1v) is 9.70. The summed E-state index contributed by atoms with van der Waals surface area (Å²) in [7, 11) is 0. The molecule has 0 unspecified atom stereocenters. The highest BCUT2D eigenvalue weighted by atomic mass is 35.5. The Balaban J connectivity index is 1.62. The summed E-state index contributed by atoms with van der Waals surface area (Å²) in [5.74, 6) is 0.506. The van der Waals surface area contributed by atoms with Gasteiger partial charge in [-0.1, -0.05) is 48.0 Å². The number of aromatic nitrogens is 5. The van der Waals surface area contributed by atoms with E-state index in [1.807, 2.05) is 71.4 Å². The minimum Gasteiger partial charge on any atom is -0.348 e. The average molecular weight is 420 g/mol. The topological polar surface area (TPSA) is 72.0 Å². The summed E-state index contributed by atoms with van der Waals surface area (Å²) in [6.07, 6.45) is 2.41. The molecule has 0 atom stereocenters. The van der Waals surface area contributed by atoms with Crippen LogP contribution in [0.3, 0.4) is 0 Å². The highest BCUT2D eigenvalue weighted by molar-refractivity contribution is 7.71. The smallest absolute Gasteiger partial charge is 0.314 e. The van der Waals surface area contributed by atoms with Gasteiger partial charge in [-0.05, 0) is 36.5 Å². The molecule has 1 N–H and O–H groups in total. The second-order valence-electron chi connectivity index (χ2n) is 6.49. The second-order valence-corrected chi connectivity index (χ2v) is 7.28. The van der Waals surface area contributed by atoms with Gasteiger partial charge in [0.1, 0.15) is 5.69 Å². The lowest BCUT2D eigenvalue weighted by Gasteiger charge is -2.05. The average Bonchev–Trinajstić information content (AvgIpc) is 3.32. The summed E-state index contributed by atoms with van der Waals surface area (Å²) in [6.45, 7) is 0. The van der Waals surface area contributed by atoms with Crippen molar-refractivity contribution in [3.05, 3.63) is 88.0 Å². The highest BCUT2D eigenvalue weighted by Gasteiger charge is 2.16. The van der Waals surface area contributed by atoms with Crippen molar-refractivity contribution in [2.75, 3.05) is 0 Å². The first-order chi connectivity index (χ1) is 14.2. The van der Waals surface area contributed by atoms with Crippen LogP contribution in [0.2, 0.25) is 5.02 Å². The number of fused-ring (bicyclic) bond motifs is 1. The molecule has 0 radical (unpaired) electrons. The van der Waals surface area contributed by atoms with Gasteiger partial charge in [-0.15, -0.1) is 0 Å². The molecule has 0 saturated carbocycles. The van der Waals surface area contributed by atoms with Gasteiger partial charge in [0, 0.05) is 29.4 Å². The summed E-state index contributed by atoms with van der Waals surface area (Å²) in [5.41, 5.74) is 5.56. The maximum atomic E-state index is 6.18. The van der Waals surface area contributed by atoms with E-state index >= 15 is 0 Å². The quantitative estimate of drug-likeness (QED) is 0.397. The van der Waals surface area contributed by atoms with Crippen LogP contribution in [-0.2, 0) is 6.42 Å². The zero-order valence-electron chi connectivity index (χ0n) is 15.0. The lowest BCUT2D eigenvalue weighted by molar-refractivity contribution is 0.406. The van der Waals surface area contributed by atoms with E-state index < -0.39 is 0 Å². The molecular weight excluding hydrogens is 406 g/mol. The third-order valence-corrected chi connectivity index (χ3v) is 4.99. The van der Waals surface area contributed by atoms with Gasteiger partial charge in [-0.2, -0.15) is 15.2 Å². The molecule has 0 amide bonds. The van der Waals surface area contributed by atoms with Gasteiger partial charge >= 0.3 is 4.84 Å². The Morgan fingerprint density at radius 2 is 1.86 bits per heavy atom. The van der Waals surface area contributed by atoms with E-state index in [4.69, 9.17) is 38.4 Å². The fraction of sp³-hybridized carbons (Fsp3) is 0.0476. The number of hydrogen-bond donors (Lipinski definition) is 1. The molecule has 0 bridgehead atoms. The van der Waals surface area contributed by atoms with Crippen LogP contribution in [0.1, 0.15) is 11.3 Å². The number of halogens is 1.